The summed E-state index contributed by atoms with van der Waals surface area (Å²) in [5, 5.41) is 9.71. The molecule has 1 aromatic heterocycles. The number of carbonyl (C=O) groups is 1. The molecule has 0 bridgehead atoms. The molecule has 0 spiro atoms. The number of aromatic nitrogens is 3. The van der Waals surface area contributed by atoms with Gasteiger partial charge in [0.1, 0.15) is 5.82 Å². The van der Waals surface area contributed by atoms with Crippen molar-refractivity contribution < 1.29 is 4.79 Å². The largest absolute Gasteiger partial charge is 0.343 e. The summed E-state index contributed by atoms with van der Waals surface area (Å²) >= 11 is 0. The van der Waals surface area contributed by atoms with Crippen molar-refractivity contribution in [3.8, 4) is 0 Å². The number of nitrogens with zero attached hydrogens (tertiary/aromatic N) is 2. The van der Waals surface area contributed by atoms with Gasteiger partial charge >= 0.3 is 0 Å². The molecule has 0 fully saturated rings. The van der Waals surface area contributed by atoms with Gasteiger partial charge in [-0.05, 0) is 31.9 Å². The van der Waals surface area contributed by atoms with Gasteiger partial charge in [0, 0.05) is 5.92 Å². The van der Waals surface area contributed by atoms with E-state index in [0.717, 1.165) is 11.4 Å². The lowest BCUT2D eigenvalue weighted by Crippen LogP contribution is -2.28. The number of carbonyl (C=O) groups excluding carboxylic acids is 1. The molecule has 0 aliphatic heterocycles. The molecule has 1 atom stereocenters. The number of amides is 1. The lowest BCUT2D eigenvalue weighted by molar-refractivity contribution is 0.0929. The molecule has 1 aromatic carbocycles. The van der Waals surface area contributed by atoms with E-state index in [9.17, 15) is 4.79 Å². The monoisotopic (exact) mass is 286 g/mol. The summed E-state index contributed by atoms with van der Waals surface area (Å²) in [6, 6.07) is 6.13. The highest BCUT2D eigenvalue weighted by Gasteiger charge is 2.17. The smallest absolute Gasteiger partial charge is 0.291 e. The van der Waals surface area contributed by atoms with Gasteiger partial charge in [-0.15, -0.1) is 5.10 Å². The zero-order valence-electron chi connectivity index (χ0n) is 13.2. The van der Waals surface area contributed by atoms with Crippen molar-refractivity contribution in [3.05, 3.63) is 46.5 Å². The second-order valence-electron chi connectivity index (χ2n) is 5.75. The first-order valence-electron chi connectivity index (χ1n) is 7.18. The van der Waals surface area contributed by atoms with E-state index in [2.05, 4.69) is 46.5 Å². The maximum Gasteiger partial charge on any atom is 0.291 e. The number of aromatic amines is 1. The zero-order valence-corrected chi connectivity index (χ0v) is 13.2. The van der Waals surface area contributed by atoms with Crippen LogP contribution in [0.5, 0.6) is 0 Å². The van der Waals surface area contributed by atoms with Crippen LogP contribution in [0, 0.1) is 13.8 Å². The van der Waals surface area contributed by atoms with Crippen LogP contribution in [0.4, 0.5) is 0 Å². The number of hydrogen-bond donors (Lipinski definition) is 2. The Morgan fingerprint density at radius 3 is 2.52 bits per heavy atom. The van der Waals surface area contributed by atoms with Gasteiger partial charge in [-0.1, -0.05) is 37.6 Å². The predicted octanol–water partition coefficient (Wildman–Crippen LogP) is 3.04. The Bertz CT molecular complexity index is 645. The van der Waals surface area contributed by atoms with Crippen molar-refractivity contribution in [2.24, 2.45) is 0 Å². The highest BCUT2D eigenvalue weighted by molar-refractivity contribution is 5.90. The highest BCUT2D eigenvalue weighted by Crippen LogP contribution is 2.19. The Labute approximate surface area is 125 Å². The van der Waals surface area contributed by atoms with Crippen molar-refractivity contribution >= 4 is 5.91 Å². The fraction of sp³-hybridized carbons (Fsp3) is 0.438. The summed E-state index contributed by atoms with van der Waals surface area (Å²) < 4.78 is 0. The van der Waals surface area contributed by atoms with Crippen molar-refractivity contribution in [3.63, 3.8) is 0 Å². The van der Waals surface area contributed by atoms with Gasteiger partial charge in [0.15, 0.2) is 0 Å². The molecule has 5 nitrogen and oxygen atoms in total. The standard InChI is InChI=1S/C16H22N4O/c1-9(2)14-18-15(20-19-14)16(21)17-12(5)13-7-6-10(3)8-11(13)4/h6-9,12H,1-5H3,(H,17,21)(H,18,19,20). The van der Waals surface area contributed by atoms with Crippen LogP contribution in [0.1, 0.15) is 65.9 Å². The van der Waals surface area contributed by atoms with Gasteiger partial charge in [0.05, 0.1) is 6.04 Å². The van der Waals surface area contributed by atoms with Crippen molar-refractivity contribution in [1.82, 2.24) is 20.5 Å². The van der Waals surface area contributed by atoms with Crippen LogP contribution < -0.4 is 5.32 Å². The van der Waals surface area contributed by atoms with E-state index >= 15 is 0 Å². The van der Waals surface area contributed by atoms with Gasteiger partial charge in [-0.3, -0.25) is 9.89 Å². The molecule has 0 saturated heterocycles. The lowest BCUT2D eigenvalue weighted by Gasteiger charge is -2.16. The van der Waals surface area contributed by atoms with Crippen LogP contribution in [-0.4, -0.2) is 21.1 Å². The summed E-state index contributed by atoms with van der Waals surface area (Å²) in [6.45, 7) is 10.1. The summed E-state index contributed by atoms with van der Waals surface area (Å²) in [7, 11) is 0. The third kappa shape index (κ3) is 3.48. The Balaban J connectivity index is 2.11. The molecule has 5 heteroatoms. The summed E-state index contributed by atoms with van der Waals surface area (Å²) in [5.41, 5.74) is 3.49. The topological polar surface area (TPSA) is 70.7 Å². The van der Waals surface area contributed by atoms with Crippen molar-refractivity contribution in [2.75, 3.05) is 0 Å². The first-order valence-corrected chi connectivity index (χ1v) is 7.18. The van der Waals surface area contributed by atoms with E-state index in [0.29, 0.717) is 0 Å². The van der Waals surface area contributed by atoms with Crippen LogP contribution in [0.25, 0.3) is 0 Å². The Hall–Kier alpha value is -2.17. The fourth-order valence-corrected chi connectivity index (χ4v) is 2.28. The number of benzene rings is 1. The lowest BCUT2D eigenvalue weighted by atomic mass is 10.0. The highest BCUT2D eigenvalue weighted by atomic mass is 16.2. The molecule has 112 valence electrons. The van der Waals surface area contributed by atoms with Gasteiger partial charge in [0.25, 0.3) is 5.91 Å². The molecule has 0 aliphatic carbocycles. The number of nitrogens with one attached hydrogen (secondary N) is 2. The van der Waals surface area contributed by atoms with E-state index in [1.54, 1.807) is 0 Å². The first kappa shape index (κ1) is 15.2. The predicted molar refractivity (Wildman–Crippen MR) is 82.3 cm³/mol. The fourth-order valence-electron chi connectivity index (χ4n) is 2.28. The molecular weight excluding hydrogens is 264 g/mol. The van der Waals surface area contributed by atoms with E-state index < -0.39 is 0 Å². The minimum atomic E-state index is -0.259. The third-order valence-corrected chi connectivity index (χ3v) is 3.49. The maximum atomic E-state index is 12.2. The van der Waals surface area contributed by atoms with Crippen LogP contribution in [0.15, 0.2) is 18.2 Å². The van der Waals surface area contributed by atoms with Gasteiger partial charge < -0.3 is 5.32 Å². The molecule has 1 heterocycles. The average molecular weight is 286 g/mol. The Morgan fingerprint density at radius 1 is 1.24 bits per heavy atom. The van der Waals surface area contributed by atoms with E-state index in [1.807, 2.05) is 26.8 Å². The molecule has 0 radical (unpaired) electrons. The van der Waals surface area contributed by atoms with Crippen LogP contribution in [0.3, 0.4) is 0 Å². The Morgan fingerprint density at radius 2 is 1.95 bits per heavy atom. The minimum Gasteiger partial charge on any atom is -0.343 e. The van der Waals surface area contributed by atoms with E-state index in [-0.39, 0.29) is 23.7 Å². The molecule has 0 aliphatic rings. The molecular formula is C16H22N4O. The second kappa shape index (κ2) is 6.08. The molecule has 1 amide bonds. The minimum absolute atomic E-state index is 0.0842. The zero-order chi connectivity index (χ0) is 15.6. The second-order valence-corrected chi connectivity index (χ2v) is 5.75. The SMILES string of the molecule is Cc1ccc(C(C)NC(=O)c2n[nH]c(C(C)C)n2)c(C)c1. The quantitative estimate of drug-likeness (QED) is 0.907. The molecule has 0 saturated carbocycles. The van der Waals surface area contributed by atoms with Crippen LogP contribution >= 0.6 is 0 Å². The van der Waals surface area contributed by atoms with Crippen LogP contribution in [0.2, 0.25) is 0 Å². The number of aryl methyl sites for hydroxylation is 2. The molecule has 2 aromatic rings. The van der Waals surface area contributed by atoms with Crippen LogP contribution in [-0.2, 0) is 0 Å². The molecule has 2 rings (SSSR count). The van der Waals surface area contributed by atoms with Crippen molar-refractivity contribution in [2.45, 2.75) is 46.6 Å². The summed E-state index contributed by atoms with van der Waals surface area (Å²) in [5.74, 6) is 0.871. The number of hydrogen-bond acceptors (Lipinski definition) is 3. The van der Waals surface area contributed by atoms with E-state index in [1.165, 1.54) is 11.1 Å². The maximum absolute atomic E-state index is 12.2. The van der Waals surface area contributed by atoms with Crippen molar-refractivity contribution in [1.29, 1.82) is 0 Å². The van der Waals surface area contributed by atoms with Gasteiger partial charge in [-0.25, -0.2) is 4.98 Å². The third-order valence-electron chi connectivity index (χ3n) is 3.49. The average Bonchev–Trinajstić information content (AvgIpc) is 2.88. The Kier molecular flexibility index (Phi) is 4.40. The van der Waals surface area contributed by atoms with Gasteiger partial charge in [-0.2, -0.15) is 0 Å². The number of rotatable bonds is 4. The van der Waals surface area contributed by atoms with E-state index in [4.69, 9.17) is 0 Å². The van der Waals surface area contributed by atoms with Gasteiger partial charge in [0.2, 0.25) is 5.82 Å². The summed E-state index contributed by atoms with van der Waals surface area (Å²) in [6.07, 6.45) is 0. The summed E-state index contributed by atoms with van der Waals surface area (Å²) in [4.78, 5) is 16.4. The molecule has 21 heavy (non-hydrogen) atoms. The number of H-pyrrole nitrogens is 1. The molecule has 1 unspecified atom stereocenters. The normalized spacial score (nSPS) is 12.5. The first-order chi connectivity index (χ1) is 9.88. The molecule has 2 N–H and O–H groups in total.